The summed E-state index contributed by atoms with van der Waals surface area (Å²) in [6.45, 7) is 9.60. The molecule has 0 aliphatic carbocycles. The number of aliphatic hydroxyl groups excluding tert-OH is 1. The summed E-state index contributed by atoms with van der Waals surface area (Å²) in [4.78, 5) is 73.1. The second-order valence-corrected chi connectivity index (χ2v) is 33.7. The van der Waals surface area contributed by atoms with Gasteiger partial charge in [-0.1, -0.05) is 388 Å². The summed E-state index contributed by atoms with van der Waals surface area (Å²) < 4.78 is 68.8. The van der Waals surface area contributed by atoms with Gasteiger partial charge in [-0.05, 0) is 37.5 Å². The van der Waals surface area contributed by atoms with Gasteiger partial charge in [-0.2, -0.15) is 0 Å². The summed E-state index contributed by atoms with van der Waals surface area (Å²) in [5.41, 5.74) is 0. The van der Waals surface area contributed by atoms with E-state index < -0.39 is 97.5 Å². The molecule has 0 saturated carbocycles. The van der Waals surface area contributed by atoms with E-state index in [2.05, 4.69) is 41.5 Å². The fourth-order valence-corrected chi connectivity index (χ4v) is 14.5. The highest BCUT2D eigenvalue weighted by atomic mass is 31.2. The van der Waals surface area contributed by atoms with Gasteiger partial charge in [0.1, 0.15) is 19.3 Å². The van der Waals surface area contributed by atoms with E-state index >= 15 is 0 Å². The number of phosphoric acid groups is 2. The maximum atomic E-state index is 13.1. The van der Waals surface area contributed by atoms with Gasteiger partial charge < -0.3 is 33.8 Å². The van der Waals surface area contributed by atoms with Gasteiger partial charge in [-0.3, -0.25) is 37.3 Å². The molecule has 0 radical (unpaired) electrons. The first-order valence-electron chi connectivity index (χ1n) is 43.0. The van der Waals surface area contributed by atoms with E-state index in [1.54, 1.807) is 0 Å². The number of unbranched alkanes of at least 4 members (excludes halogenated alkanes) is 52. The molecular weight excluding hydrogens is 1330 g/mol. The molecule has 0 bridgehead atoms. The Balaban J connectivity index is 5.23. The standard InChI is InChI=1S/C83H162O17P2/c1-7-9-11-13-15-17-19-21-23-25-26-27-28-30-32-34-36-42-49-55-61-67-82(87)99-78(71-93-80(85)65-59-53-47-41-35-33-31-29-24-22-20-18-16-14-12-10-8-2)73-97-101(89,90)95-69-77(84)70-96-102(91,92)98-74-79(100-83(88)68-62-56-50-44-38-40-46-52-58-64-76(5)6)72-94-81(86)66-60-54-48-43-37-39-45-51-57-63-75(3)4/h75-79,84H,7-74H2,1-6H3,(H,89,90)(H,91,92)/t77-,78-,79-/m1/s1. The van der Waals surface area contributed by atoms with Crippen molar-refractivity contribution in [3.8, 4) is 0 Å². The quantitative estimate of drug-likeness (QED) is 0.0222. The van der Waals surface area contributed by atoms with Gasteiger partial charge in [-0.25, -0.2) is 9.13 Å². The number of esters is 4. The molecule has 0 aliphatic heterocycles. The molecule has 0 amide bonds. The number of carbonyl (C=O) groups excluding carboxylic acids is 4. The van der Waals surface area contributed by atoms with E-state index in [1.807, 2.05) is 0 Å². The topological polar surface area (TPSA) is 237 Å². The van der Waals surface area contributed by atoms with Crippen molar-refractivity contribution in [2.24, 2.45) is 11.8 Å². The molecule has 0 aliphatic rings. The number of hydrogen-bond acceptors (Lipinski definition) is 15. The Kier molecular flexibility index (Phi) is 73.1. The first-order chi connectivity index (χ1) is 49.4. The van der Waals surface area contributed by atoms with E-state index in [0.717, 1.165) is 102 Å². The zero-order valence-electron chi connectivity index (χ0n) is 66.9. The predicted octanol–water partition coefficient (Wildman–Crippen LogP) is 25.1. The van der Waals surface area contributed by atoms with Crippen LogP contribution in [0, 0.1) is 11.8 Å². The van der Waals surface area contributed by atoms with Gasteiger partial charge in [0.2, 0.25) is 0 Å². The minimum atomic E-state index is -4.96. The first kappa shape index (κ1) is 100. The van der Waals surface area contributed by atoms with Crippen LogP contribution in [0.25, 0.3) is 0 Å². The van der Waals surface area contributed by atoms with Crippen LogP contribution in [-0.2, 0) is 65.4 Å². The number of carbonyl (C=O) groups is 4. The number of ether oxygens (including phenoxy) is 4. The fraction of sp³-hybridized carbons (Fsp3) is 0.952. The maximum Gasteiger partial charge on any atom is 0.472 e. The fourth-order valence-electron chi connectivity index (χ4n) is 12.9. The Morgan fingerprint density at radius 2 is 0.451 bits per heavy atom. The molecule has 0 spiro atoms. The zero-order valence-corrected chi connectivity index (χ0v) is 68.7. The number of hydrogen-bond donors (Lipinski definition) is 3. The van der Waals surface area contributed by atoms with Crippen molar-refractivity contribution in [3.05, 3.63) is 0 Å². The summed E-state index contributed by atoms with van der Waals surface area (Å²) in [5.74, 6) is -0.627. The van der Waals surface area contributed by atoms with Crippen LogP contribution in [0.5, 0.6) is 0 Å². The molecule has 0 heterocycles. The minimum absolute atomic E-state index is 0.105. The second-order valence-electron chi connectivity index (χ2n) is 30.8. The molecular formula is C83H162O17P2. The molecule has 102 heavy (non-hydrogen) atoms. The van der Waals surface area contributed by atoms with Crippen LogP contribution in [0.4, 0.5) is 0 Å². The third kappa shape index (κ3) is 76.3. The van der Waals surface area contributed by atoms with Crippen LogP contribution in [0.15, 0.2) is 0 Å². The molecule has 0 aromatic carbocycles. The number of aliphatic hydroxyl groups is 1. The van der Waals surface area contributed by atoms with E-state index in [0.29, 0.717) is 25.7 Å². The van der Waals surface area contributed by atoms with Gasteiger partial charge in [0.05, 0.1) is 26.4 Å². The second kappa shape index (κ2) is 74.5. The van der Waals surface area contributed by atoms with E-state index in [4.69, 9.17) is 37.0 Å². The van der Waals surface area contributed by atoms with Crippen LogP contribution >= 0.6 is 15.6 Å². The summed E-state index contributed by atoms with van der Waals surface area (Å²) in [6.07, 6.45) is 65.4. The molecule has 3 N–H and O–H groups in total. The van der Waals surface area contributed by atoms with Crippen LogP contribution in [0.2, 0.25) is 0 Å². The van der Waals surface area contributed by atoms with Crippen LogP contribution in [0.1, 0.15) is 440 Å². The molecule has 2 unspecified atom stereocenters. The Morgan fingerprint density at radius 1 is 0.265 bits per heavy atom. The molecule has 5 atom stereocenters. The average molecular weight is 1490 g/mol. The Morgan fingerprint density at radius 3 is 0.667 bits per heavy atom. The third-order valence-corrected chi connectivity index (χ3v) is 21.4. The lowest BCUT2D eigenvalue weighted by atomic mass is 10.0. The van der Waals surface area contributed by atoms with Crippen LogP contribution < -0.4 is 0 Å². The van der Waals surface area contributed by atoms with Gasteiger partial charge in [0, 0.05) is 25.7 Å². The van der Waals surface area contributed by atoms with Gasteiger partial charge >= 0.3 is 39.5 Å². The predicted molar refractivity (Wildman–Crippen MR) is 418 cm³/mol. The Labute approximate surface area is 626 Å². The van der Waals surface area contributed by atoms with Crippen molar-refractivity contribution in [1.82, 2.24) is 0 Å². The minimum Gasteiger partial charge on any atom is -0.462 e. The van der Waals surface area contributed by atoms with Crippen molar-refractivity contribution in [1.29, 1.82) is 0 Å². The van der Waals surface area contributed by atoms with Crippen LogP contribution in [-0.4, -0.2) is 96.7 Å². The zero-order chi connectivity index (χ0) is 74.9. The van der Waals surface area contributed by atoms with Crippen molar-refractivity contribution < 1.29 is 80.2 Å². The van der Waals surface area contributed by atoms with Crippen molar-refractivity contribution in [2.75, 3.05) is 39.6 Å². The Bertz CT molecular complexity index is 1960. The average Bonchev–Trinajstić information content (AvgIpc) is 0.953. The molecule has 0 rings (SSSR count). The molecule has 606 valence electrons. The molecule has 17 nitrogen and oxygen atoms in total. The van der Waals surface area contributed by atoms with Gasteiger partial charge in [0.25, 0.3) is 0 Å². The SMILES string of the molecule is CCCCCCCCCCCCCCCCCCCCCCCC(=O)O[C@H](COC(=O)CCCCCCCCCCCCCCCCCCC)COP(=O)(O)OC[C@@H](O)COP(=O)(O)OC[C@@H](COC(=O)CCCCCCCCCCCC(C)C)OC(=O)CCCCCCCCCCCC(C)C. The lowest BCUT2D eigenvalue weighted by Gasteiger charge is -2.21. The number of rotatable bonds is 82. The molecule has 0 aromatic heterocycles. The first-order valence-corrected chi connectivity index (χ1v) is 46.0. The van der Waals surface area contributed by atoms with Crippen LogP contribution in [0.3, 0.4) is 0 Å². The third-order valence-electron chi connectivity index (χ3n) is 19.5. The lowest BCUT2D eigenvalue weighted by molar-refractivity contribution is -0.161. The summed E-state index contributed by atoms with van der Waals surface area (Å²) in [5, 5.41) is 10.7. The van der Waals surface area contributed by atoms with E-state index in [-0.39, 0.29) is 25.7 Å². The molecule has 0 saturated heterocycles. The van der Waals surface area contributed by atoms with E-state index in [1.165, 1.54) is 257 Å². The van der Waals surface area contributed by atoms with Crippen molar-refractivity contribution in [3.63, 3.8) is 0 Å². The summed E-state index contributed by atoms with van der Waals surface area (Å²) in [7, 11) is -9.92. The highest BCUT2D eigenvalue weighted by Gasteiger charge is 2.30. The Hall–Kier alpha value is -1.94. The normalized spacial score (nSPS) is 13.9. The monoisotopic (exact) mass is 1490 g/mol. The summed E-state index contributed by atoms with van der Waals surface area (Å²) in [6, 6.07) is 0. The van der Waals surface area contributed by atoms with E-state index in [9.17, 15) is 43.2 Å². The highest BCUT2D eigenvalue weighted by Crippen LogP contribution is 2.45. The van der Waals surface area contributed by atoms with Gasteiger partial charge in [0.15, 0.2) is 12.2 Å². The van der Waals surface area contributed by atoms with Gasteiger partial charge in [-0.15, -0.1) is 0 Å². The lowest BCUT2D eigenvalue weighted by Crippen LogP contribution is -2.30. The highest BCUT2D eigenvalue weighted by molar-refractivity contribution is 7.47. The molecule has 0 aromatic rings. The number of phosphoric ester groups is 2. The smallest absolute Gasteiger partial charge is 0.462 e. The largest absolute Gasteiger partial charge is 0.472 e. The van der Waals surface area contributed by atoms with Crippen molar-refractivity contribution >= 4 is 39.5 Å². The molecule has 19 heteroatoms. The maximum absolute atomic E-state index is 13.1. The summed E-state index contributed by atoms with van der Waals surface area (Å²) >= 11 is 0. The van der Waals surface area contributed by atoms with Crippen molar-refractivity contribution in [2.45, 2.75) is 458 Å². The molecule has 0 fully saturated rings.